The van der Waals surface area contributed by atoms with Crippen LogP contribution in [0, 0.1) is 0 Å². The number of esters is 1. The zero-order valence-electron chi connectivity index (χ0n) is 12.7. The summed E-state index contributed by atoms with van der Waals surface area (Å²) in [6.07, 6.45) is 3.65. The van der Waals surface area contributed by atoms with Crippen LogP contribution in [0.5, 0.6) is 0 Å². The van der Waals surface area contributed by atoms with Crippen LogP contribution >= 0.6 is 0 Å². The van der Waals surface area contributed by atoms with Crippen LogP contribution in [0.1, 0.15) is 35.9 Å². The van der Waals surface area contributed by atoms with E-state index in [1.54, 1.807) is 20.1 Å². The minimum Gasteiger partial charge on any atom is -0.467 e. The van der Waals surface area contributed by atoms with Gasteiger partial charge in [-0.3, -0.25) is 4.90 Å². The van der Waals surface area contributed by atoms with E-state index in [0.717, 1.165) is 19.4 Å². The van der Waals surface area contributed by atoms with Crippen LogP contribution in [0.2, 0.25) is 0 Å². The number of hydrogen-bond donors (Lipinski definition) is 1. The van der Waals surface area contributed by atoms with Gasteiger partial charge < -0.3 is 19.6 Å². The molecule has 2 unspecified atom stereocenters. The molecule has 6 nitrogen and oxygen atoms in total. The third kappa shape index (κ3) is 3.84. The van der Waals surface area contributed by atoms with Crippen molar-refractivity contribution in [2.24, 2.45) is 5.73 Å². The van der Waals surface area contributed by atoms with E-state index in [1.807, 2.05) is 0 Å². The average molecular weight is 296 g/mol. The highest BCUT2D eigenvalue weighted by Gasteiger charge is 2.29. The molecule has 2 heterocycles. The average Bonchev–Trinajstić information content (AvgIpc) is 2.96. The Hall–Kier alpha value is -1.37. The molecule has 2 rings (SSSR count). The number of rotatable bonds is 6. The van der Waals surface area contributed by atoms with Crippen molar-refractivity contribution in [2.45, 2.75) is 38.5 Å². The van der Waals surface area contributed by atoms with E-state index in [0.29, 0.717) is 31.0 Å². The van der Waals surface area contributed by atoms with Crippen LogP contribution in [0.15, 0.2) is 16.7 Å². The molecule has 1 fully saturated rings. The number of carbonyl (C=O) groups excluding carboxylic acids is 1. The number of piperidine rings is 1. The summed E-state index contributed by atoms with van der Waals surface area (Å²) in [5, 5.41) is 0. The summed E-state index contributed by atoms with van der Waals surface area (Å²) in [6.45, 7) is 4.16. The van der Waals surface area contributed by atoms with Crippen LogP contribution < -0.4 is 5.73 Å². The molecule has 0 spiro atoms. The van der Waals surface area contributed by atoms with E-state index in [2.05, 4.69) is 4.90 Å². The second-order valence-electron chi connectivity index (χ2n) is 5.22. The molecule has 21 heavy (non-hydrogen) atoms. The summed E-state index contributed by atoms with van der Waals surface area (Å²) < 4.78 is 15.9. The molecule has 0 bridgehead atoms. The largest absolute Gasteiger partial charge is 0.467 e. The summed E-state index contributed by atoms with van der Waals surface area (Å²) in [5.74, 6) is 0.306. The summed E-state index contributed by atoms with van der Waals surface area (Å²) in [7, 11) is 1.74. The lowest BCUT2D eigenvalue weighted by Crippen LogP contribution is -2.48. The maximum absolute atomic E-state index is 11.9. The first-order chi connectivity index (χ1) is 10.2. The topological polar surface area (TPSA) is 77.9 Å². The molecule has 1 aromatic rings. The van der Waals surface area contributed by atoms with Crippen molar-refractivity contribution < 1.29 is 18.7 Å². The van der Waals surface area contributed by atoms with Crippen molar-refractivity contribution in [2.75, 3.05) is 26.8 Å². The van der Waals surface area contributed by atoms with E-state index < -0.39 is 0 Å². The standard InChI is InChI=1S/C15H24N2O4/c1-3-20-15(18)13-5-7-21-14(13)10-17-6-4-12(19-2)8-11(17)9-16/h5,7,11-12H,3-4,6,8-10,16H2,1-2H3. The number of nitrogens with two attached hydrogens (primary N) is 1. The number of ether oxygens (including phenoxy) is 2. The number of likely N-dealkylation sites (tertiary alicyclic amines) is 1. The van der Waals surface area contributed by atoms with Crippen LogP contribution in [0.25, 0.3) is 0 Å². The van der Waals surface area contributed by atoms with Crippen LogP contribution in [0.4, 0.5) is 0 Å². The molecule has 6 heteroatoms. The smallest absolute Gasteiger partial charge is 0.341 e. The predicted molar refractivity (Wildman–Crippen MR) is 77.9 cm³/mol. The first kappa shape index (κ1) is 16.0. The van der Waals surface area contributed by atoms with Gasteiger partial charge in [-0.25, -0.2) is 4.79 Å². The first-order valence-corrected chi connectivity index (χ1v) is 7.40. The lowest BCUT2D eigenvalue weighted by molar-refractivity contribution is 0.00763. The maximum Gasteiger partial charge on any atom is 0.341 e. The van der Waals surface area contributed by atoms with Crippen molar-refractivity contribution in [3.63, 3.8) is 0 Å². The Bertz CT molecular complexity index is 460. The molecular weight excluding hydrogens is 272 g/mol. The summed E-state index contributed by atoms with van der Waals surface area (Å²) in [6, 6.07) is 1.90. The predicted octanol–water partition coefficient (Wildman–Crippen LogP) is 1.39. The van der Waals surface area contributed by atoms with Crippen LogP contribution in [-0.2, 0) is 16.0 Å². The monoisotopic (exact) mass is 296 g/mol. The van der Waals surface area contributed by atoms with Gasteiger partial charge in [0.1, 0.15) is 11.3 Å². The SMILES string of the molecule is CCOC(=O)c1ccoc1CN1CCC(OC)CC1CN. The second kappa shape index (κ2) is 7.59. The van der Waals surface area contributed by atoms with Gasteiger partial charge >= 0.3 is 5.97 Å². The van der Waals surface area contributed by atoms with E-state index in [1.165, 1.54) is 6.26 Å². The Morgan fingerprint density at radius 1 is 1.57 bits per heavy atom. The molecule has 0 aromatic carbocycles. The quantitative estimate of drug-likeness (QED) is 0.799. The Morgan fingerprint density at radius 3 is 3.05 bits per heavy atom. The zero-order chi connectivity index (χ0) is 15.2. The van der Waals surface area contributed by atoms with Gasteiger partial charge in [-0.2, -0.15) is 0 Å². The van der Waals surface area contributed by atoms with Gasteiger partial charge in [-0.15, -0.1) is 0 Å². The van der Waals surface area contributed by atoms with Crippen molar-refractivity contribution in [1.82, 2.24) is 4.90 Å². The van der Waals surface area contributed by atoms with Gasteiger partial charge in [0.05, 0.1) is 25.5 Å². The number of nitrogens with zero attached hydrogens (tertiary/aromatic N) is 1. The van der Waals surface area contributed by atoms with Crippen molar-refractivity contribution >= 4 is 5.97 Å². The molecule has 0 amide bonds. The molecule has 0 radical (unpaired) electrons. The molecular formula is C15H24N2O4. The lowest BCUT2D eigenvalue weighted by Gasteiger charge is -2.38. The molecule has 0 saturated carbocycles. The minimum atomic E-state index is -0.336. The Morgan fingerprint density at radius 2 is 2.38 bits per heavy atom. The maximum atomic E-state index is 11.9. The van der Waals surface area contributed by atoms with Crippen LogP contribution in [-0.4, -0.2) is 49.8 Å². The normalized spacial score (nSPS) is 23.2. The van der Waals surface area contributed by atoms with Crippen molar-refractivity contribution in [3.05, 3.63) is 23.7 Å². The Balaban J connectivity index is 2.04. The third-order valence-corrected chi connectivity index (χ3v) is 3.98. The van der Waals surface area contributed by atoms with Crippen LogP contribution in [0.3, 0.4) is 0 Å². The van der Waals surface area contributed by atoms with E-state index >= 15 is 0 Å². The highest BCUT2D eigenvalue weighted by Crippen LogP contribution is 2.23. The summed E-state index contributed by atoms with van der Waals surface area (Å²) in [4.78, 5) is 14.1. The molecule has 1 aromatic heterocycles. The Labute approximate surface area is 125 Å². The zero-order valence-corrected chi connectivity index (χ0v) is 12.7. The number of methoxy groups -OCH3 is 1. The van der Waals surface area contributed by atoms with Gasteiger partial charge in [-0.05, 0) is 25.8 Å². The van der Waals surface area contributed by atoms with Gasteiger partial charge in [0.25, 0.3) is 0 Å². The molecule has 1 aliphatic heterocycles. The minimum absolute atomic E-state index is 0.240. The molecule has 1 aliphatic rings. The highest BCUT2D eigenvalue weighted by molar-refractivity contribution is 5.90. The van der Waals surface area contributed by atoms with Gasteiger partial charge in [0.2, 0.25) is 0 Å². The summed E-state index contributed by atoms with van der Waals surface area (Å²) in [5.41, 5.74) is 6.37. The molecule has 1 saturated heterocycles. The lowest BCUT2D eigenvalue weighted by atomic mass is 9.99. The fourth-order valence-electron chi connectivity index (χ4n) is 2.77. The molecule has 118 valence electrons. The molecule has 2 N–H and O–H groups in total. The van der Waals surface area contributed by atoms with Crippen molar-refractivity contribution in [1.29, 1.82) is 0 Å². The van der Waals surface area contributed by atoms with E-state index in [9.17, 15) is 4.79 Å². The number of hydrogen-bond acceptors (Lipinski definition) is 6. The molecule has 2 atom stereocenters. The summed E-state index contributed by atoms with van der Waals surface area (Å²) >= 11 is 0. The van der Waals surface area contributed by atoms with Gasteiger partial charge in [0.15, 0.2) is 0 Å². The van der Waals surface area contributed by atoms with Crippen molar-refractivity contribution in [3.8, 4) is 0 Å². The fourth-order valence-corrected chi connectivity index (χ4v) is 2.77. The first-order valence-electron chi connectivity index (χ1n) is 7.40. The van der Waals surface area contributed by atoms with Gasteiger partial charge in [-0.1, -0.05) is 0 Å². The Kier molecular flexibility index (Phi) is 5.78. The van der Waals surface area contributed by atoms with E-state index in [-0.39, 0.29) is 18.1 Å². The van der Waals surface area contributed by atoms with E-state index in [4.69, 9.17) is 19.6 Å². The fraction of sp³-hybridized carbons (Fsp3) is 0.667. The number of carbonyl (C=O) groups is 1. The third-order valence-electron chi connectivity index (χ3n) is 3.98. The second-order valence-corrected chi connectivity index (χ2v) is 5.22. The van der Waals surface area contributed by atoms with Gasteiger partial charge in [0, 0.05) is 26.2 Å². The number of furan rings is 1. The molecule has 0 aliphatic carbocycles. The highest BCUT2D eigenvalue weighted by atomic mass is 16.5.